The summed E-state index contributed by atoms with van der Waals surface area (Å²) in [5.41, 5.74) is 1.72. The van der Waals surface area contributed by atoms with Gasteiger partial charge in [-0.3, -0.25) is 0 Å². The van der Waals surface area contributed by atoms with Gasteiger partial charge in [0.25, 0.3) is 0 Å². The zero-order chi connectivity index (χ0) is 12.0. The highest BCUT2D eigenvalue weighted by molar-refractivity contribution is 5.86. The summed E-state index contributed by atoms with van der Waals surface area (Å²) in [5, 5.41) is 0. The lowest BCUT2D eigenvalue weighted by atomic mass is 9.98. The predicted molar refractivity (Wildman–Crippen MR) is 65.2 cm³/mol. The van der Waals surface area contributed by atoms with Gasteiger partial charge in [-0.2, -0.15) is 0 Å². The molecule has 0 radical (unpaired) electrons. The fourth-order valence-corrected chi connectivity index (χ4v) is 1.40. The fourth-order valence-electron chi connectivity index (χ4n) is 1.40. The Balaban J connectivity index is 2.34. The van der Waals surface area contributed by atoms with E-state index in [-0.39, 0.29) is 5.97 Å². The van der Waals surface area contributed by atoms with Crippen LogP contribution in [-0.2, 0) is 9.53 Å². The van der Waals surface area contributed by atoms with Crippen molar-refractivity contribution >= 4 is 5.97 Å². The lowest BCUT2D eigenvalue weighted by Crippen LogP contribution is -2.08. The number of benzene rings is 1. The summed E-state index contributed by atoms with van der Waals surface area (Å²) in [4.78, 5) is 11.1. The largest absolute Gasteiger partial charge is 0.462 e. The van der Waals surface area contributed by atoms with Crippen molar-refractivity contribution in [3.05, 3.63) is 48.0 Å². The molecular weight excluding hydrogens is 200 g/mol. The van der Waals surface area contributed by atoms with Crippen molar-refractivity contribution in [3.8, 4) is 0 Å². The first kappa shape index (κ1) is 12.5. The normalized spacial score (nSPS) is 11.9. The minimum atomic E-state index is -0.305. The van der Waals surface area contributed by atoms with Crippen molar-refractivity contribution in [3.63, 3.8) is 0 Å². The molecule has 0 spiro atoms. The Labute approximate surface area is 96.9 Å². The Bertz CT molecular complexity index is 354. The number of hydrogen-bond acceptors (Lipinski definition) is 2. The van der Waals surface area contributed by atoms with E-state index in [4.69, 9.17) is 4.74 Å². The third kappa shape index (κ3) is 3.89. The number of hydrogen-bond donors (Lipinski definition) is 0. The number of esters is 1. The molecule has 0 aliphatic rings. The van der Waals surface area contributed by atoms with Crippen LogP contribution in [0.5, 0.6) is 0 Å². The van der Waals surface area contributed by atoms with Crippen molar-refractivity contribution in [2.24, 2.45) is 0 Å². The van der Waals surface area contributed by atoms with Gasteiger partial charge in [0.05, 0.1) is 6.61 Å². The molecule has 0 N–H and O–H groups in total. The highest BCUT2D eigenvalue weighted by Crippen LogP contribution is 2.18. The van der Waals surface area contributed by atoms with Crippen LogP contribution in [-0.4, -0.2) is 12.6 Å². The molecule has 1 aromatic rings. The highest BCUT2D eigenvalue weighted by atomic mass is 16.5. The maximum Gasteiger partial charge on any atom is 0.333 e. The minimum absolute atomic E-state index is 0.305. The first-order valence-electron chi connectivity index (χ1n) is 5.49. The highest BCUT2D eigenvalue weighted by Gasteiger charge is 2.07. The molecule has 0 saturated carbocycles. The van der Waals surface area contributed by atoms with E-state index in [9.17, 15) is 4.79 Å². The molecule has 2 heteroatoms. The van der Waals surface area contributed by atoms with Crippen LogP contribution in [0.15, 0.2) is 42.5 Å². The standard InChI is InChI=1S/C14H18O2/c1-11(2)14(15)16-10-9-12(3)13-7-5-4-6-8-13/h4-8,12H,1,9-10H2,2-3H3. The summed E-state index contributed by atoms with van der Waals surface area (Å²) >= 11 is 0. The summed E-state index contributed by atoms with van der Waals surface area (Å²) in [5.74, 6) is 0.0967. The molecule has 0 amide bonds. The van der Waals surface area contributed by atoms with Crippen LogP contribution in [0, 0.1) is 0 Å². The first-order valence-corrected chi connectivity index (χ1v) is 5.49. The van der Waals surface area contributed by atoms with E-state index < -0.39 is 0 Å². The Morgan fingerprint density at radius 2 is 2.00 bits per heavy atom. The lowest BCUT2D eigenvalue weighted by Gasteiger charge is -2.11. The van der Waals surface area contributed by atoms with Gasteiger partial charge in [0.2, 0.25) is 0 Å². The molecule has 0 aliphatic heterocycles. The smallest absolute Gasteiger partial charge is 0.333 e. The molecule has 1 aromatic carbocycles. The van der Waals surface area contributed by atoms with E-state index in [0.29, 0.717) is 18.1 Å². The lowest BCUT2D eigenvalue weighted by molar-refractivity contribution is -0.139. The van der Waals surface area contributed by atoms with Crippen LogP contribution in [0.2, 0.25) is 0 Å². The van der Waals surface area contributed by atoms with Gasteiger partial charge >= 0.3 is 5.97 Å². The van der Waals surface area contributed by atoms with Gasteiger partial charge in [-0.25, -0.2) is 4.79 Å². The second-order valence-electron chi connectivity index (χ2n) is 4.02. The van der Waals surface area contributed by atoms with Gasteiger partial charge in [-0.15, -0.1) is 0 Å². The van der Waals surface area contributed by atoms with Gasteiger partial charge in [0.15, 0.2) is 0 Å². The van der Waals surface area contributed by atoms with Crippen molar-refractivity contribution in [2.75, 3.05) is 6.61 Å². The van der Waals surface area contributed by atoms with Crippen molar-refractivity contribution in [2.45, 2.75) is 26.2 Å². The maximum atomic E-state index is 11.1. The molecular formula is C14H18O2. The molecule has 16 heavy (non-hydrogen) atoms. The molecule has 0 fully saturated rings. The quantitative estimate of drug-likeness (QED) is 0.560. The molecule has 0 aromatic heterocycles. The van der Waals surface area contributed by atoms with Crippen molar-refractivity contribution < 1.29 is 9.53 Å². The Morgan fingerprint density at radius 3 is 2.56 bits per heavy atom. The van der Waals surface area contributed by atoms with Crippen LogP contribution >= 0.6 is 0 Å². The summed E-state index contributed by atoms with van der Waals surface area (Å²) in [6, 6.07) is 10.2. The Morgan fingerprint density at radius 1 is 1.38 bits per heavy atom. The topological polar surface area (TPSA) is 26.3 Å². The zero-order valence-corrected chi connectivity index (χ0v) is 9.90. The average Bonchev–Trinajstić information content (AvgIpc) is 2.29. The Hall–Kier alpha value is -1.57. The molecule has 2 nitrogen and oxygen atoms in total. The molecule has 86 valence electrons. The molecule has 1 unspecified atom stereocenters. The average molecular weight is 218 g/mol. The summed E-state index contributed by atoms with van der Waals surface area (Å²) in [6.45, 7) is 7.77. The van der Waals surface area contributed by atoms with Crippen LogP contribution in [0.25, 0.3) is 0 Å². The van der Waals surface area contributed by atoms with E-state index in [1.54, 1.807) is 6.92 Å². The summed E-state index contributed by atoms with van der Waals surface area (Å²) in [6.07, 6.45) is 0.836. The van der Waals surface area contributed by atoms with E-state index in [0.717, 1.165) is 6.42 Å². The van der Waals surface area contributed by atoms with E-state index in [1.807, 2.05) is 18.2 Å². The molecule has 0 heterocycles. The third-order valence-corrected chi connectivity index (χ3v) is 2.50. The molecule has 0 bridgehead atoms. The van der Waals surface area contributed by atoms with Crippen LogP contribution in [0.3, 0.4) is 0 Å². The monoisotopic (exact) mass is 218 g/mol. The van der Waals surface area contributed by atoms with Crippen LogP contribution in [0.4, 0.5) is 0 Å². The molecule has 1 atom stereocenters. The van der Waals surface area contributed by atoms with E-state index >= 15 is 0 Å². The van der Waals surface area contributed by atoms with E-state index in [1.165, 1.54) is 5.56 Å². The fraction of sp³-hybridized carbons (Fsp3) is 0.357. The predicted octanol–water partition coefficient (Wildman–Crippen LogP) is 3.30. The Kier molecular flexibility index (Phi) is 4.77. The van der Waals surface area contributed by atoms with E-state index in [2.05, 4.69) is 25.6 Å². The number of ether oxygens (including phenoxy) is 1. The molecule has 1 rings (SSSR count). The van der Waals surface area contributed by atoms with Crippen LogP contribution < -0.4 is 0 Å². The second kappa shape index (κ2) is 6.11. The maximum absolute atomic E-state index is 11.1. The van der Waals surface area contributed by atoms with Gasteiger partial charge in [0, 0.05) is 5.57 Å². The molecule has 0 aliphatic carbocycles. The number of carbonyl (C=O) groups is 1. The van der Waals surface area contributed by atoms with Gasteiger partial charge in [0.1, 0.15) is 0 Å². The van der Waals surface area contributed by atoms with Gasteiger partial charge in [-0.1, -0.05) is 43.8 Å². The third-order valence-electron chi connectivity index (χ3n) is 2.50. The summed E-state index contributed by atoms with van der Waals surface area (Å²) in [7, 11) is 0. The van der Waals surface area contributed by atoms with Crippen molar-refractivity contribution in [1.82, 2.24) is 0 Å². The van der Waals surface area contributed by atoms with Crippen molar-refractivity contribution in [1.29, 1.82) is 0 Å². The zero-order valence-electron chi connectivity index (χ0n) is 9.90. The number of carbonyl (C=O) groups excluding carboxylic acids is 1. The minimum Gasteiger partial charge on any atom is -0.462 e. The number of rotatable bonds is 5. The summed E-state index contributed by atoms with van der Waals surface area (Å²) < 4.78 is 5.06. The van der Waals surface area contributed by atoms with Gasteiger partial charge < -0.3 is 4.74 Å². The second-order valence-corrected chi connectivity index (χ2v) is 4.02. The SMILES string of the molecule is C=C(C)C(=O)OCCC(C)c1ccccc1. The van der Waals surface area contributed by atoms with Gasteiger partial charge in [-0.05, 0) is 24.8 Å². The van der Waals surface area contributed by atoms with Crippen LogP contribution in [0.1, 0.15) is 31.7 Å². The first-order chi connectivity index (χ1) is 7.61. The molecule has 0 saturated heterocycles.